The van der Waals surface area contributed by atoms with Gasteiger partial charge in [0.25, 0.3) is 0 Å². The monoisotopic (exact) mass is 576 g/mol. The fourth-order valence-electron chi connectivity index (χ4n) is 8.19. The Labute approximate surface area is 264 Å². The van der Waals surface area contributed by atoms with Gasteiger partial charge in [-0.3, -0.25) is 0 Å². The molecule has 0 saturated heterocycles. The fraction of sp³-hybridized carbons (Fsp3) is 0.0909. The first-order valence-corrected chi connectivity index (χ1v) is 15.8. The Morgan fingerprint density at radius 1 is 0.422 bits per heavy atom. The summed E-state index contributed by atoms with van der Waals surface area (Å²) in [5.41, 5.74) is 12.0. The molecule has 9 rings (SSSR count). The molecule has 45 heavy (non-hydrogen) atoms. The number of para-hydroxylation sites is 1. The molecular weight excluding hydrogens is 544 g/mol. The Hall–Kier alpha value is -5.40. The van der Waals surface area contributed by atoms with Crippen molar-refractivity contribution in [1.29, 1.82) is 0 Å². The molecule has 1 heteroatoms. The number of ether oxygens (including phenoxy) is 1. The van der Waals surface area contributed by atoms with Gasteiger partial charge in [-0.05, 0) is 85.6 Å². The molecule has 0 aromatic heterocycles. The lowest BCUT2D eigenvalue weighted by molar-refractivity contribution is 0.419. The molecule has 1 aliphatic carbocycles. The summed E-state index contributed by atoms with van der Waals surface area (Å²) < 4.78 is 6.53. The second-order valence-electron chi connectivity index (χ2n) is 12.9. The second-order valence-corrected chi connectivity index (χ2v) is 12.9. The molecule has 0 N–H and O–H groups in total. The third-order valence-electron chi connectivity index (χ3n) is 10.2. The van der Waals surface area contributed by atoms with Crippen LogP contribution in [0.4, 0.5) is 0 Å². The Bertz CT molecular complexity index is 2280. The van der Waals surface area contributed by atoms with Gasteiger partial charge in [0.15, 0.2) is 0 Å². The smallest absolute Gasteiger partial charge is 0.132 e. The van der Waals surface area contributed by atoms with Crippen molar-refractivity contribution in [3.05, 3.63) is 191 Å². The van der Waals surface area contributed by atoms with Crippen LogP contribution in [0, 0.1) is 0 Å². The first kappa shape index (κ1) is 26.0. The summed E-state index contributed by atoms with van der Waals surface area (Å²) in [7, 11) is 0. The number of rotatable bonds is 3. The van der Waals surface area contributed by atoms with Crippen LogP contribution in [0.25, 0.3) is 33.0 Å². The summed E-state index contributed by atoms with van der Waals surface area (Å²) in [6, 6.07) is 57.8. The van der Waals surface area contributed by atoms with E-state index in [1.165, 1.54) is 66.4 Å². The quantitative estimate of drug-likeness (QED) is 0.203. The highest BCUT2D eigenvalue weighted by atomic mass is 16.5. The standard InChI is InChI=1S/C44H32O/c1-43(2)38-23-10-11-24-40(38)45-41-25-13-21-34(42(41)43)31-16-12-19-33(26-31)44(32-17-4-3-5-18-32)37-22-9-8-20-35(37)36-27-29-14-6-7-15-30(29)28-39(36)44/h3-28H,1-2H3. The summed E-state index contributed by atoms with van der Waals surface area (Å²) in [6.45, 7) is 4.64. The molecule has 2 aliphatic rings. The second kappa shape index (κ2) is 9.55. The topological polar surface area (TPSA) is 9.23 Å². The van der Waals surface area contributed by atoms with Crippen LogP contribution < -0.4 is 4.74 Å². The summed E-state index contributed by atoms with van der Waals surface area (Å²) >= 11 is 0. The van der Waals surface area contributed by atoms with E-state index in [9.17, 15) is 0 Å². The van der Waals surface area contributed by atoms with Gasteiger partial charge in [0.1, 0.15) is 11.5 Å². The van der Waals surface area contributed by atoms with E-state index < -0.39 is 5.41 Å². The highest BCUT2D eigenvalue weighted by Crippen LogP contribution is 2.58. The molecule has 0 saturated carbocycles. The van der Waals surface area contributed by atoms with Gasteiger partial charge in [-0.2, -0.15) is 0 Å². The maximum Gasteiger partial charge on any atom is 0.132 e. The Kier molecular flexibility index (Phi) is 5.53. The zero-order valence-corrected chi connectivity index (χ0v) is 25.4. The van der Waals surface area contributed by atoms with Gasteiger partial charge >= 0.3 is 0 Å². The minimum absolute atomic E-state index is 0.223. The largest absolute Gasteiger partial charge is 0.457 e. The lowest BCUT2D eigenvalue weighted by Gasteiger charge is -2.37. The van der Waals surface area contributed by atoms with Crippen molar-refractivity contribution in [3.8, 4) is 33.8 Å². The van der Waals surface area contributed by atoms with E-state index >= 15 is 0 Å². The van der Waals surface area contributed by atoms with Crippen molar-refractivity contribution in [1.82, 2.24) is 0 Å². The Morgan fingerprint density at radius 2 is 1.04 bits per heavy atom. The predicted octanol–water partition coefficient (Wildman–Crippen LogP) is 11.3. The molecule has 1 nitrogen and oxygen atoms in total. The summed E-state index contributed by atoms with van der Waals surface area (Å²) in [5.74, 6) is 1.87. The van der Waals surface area contributed by atoms with Gasteiger partial charge in [0.2, 0.25) is 0 Å². The van der Waals surface area contributed by atoms with Crippen LogP contribution in [-0.4, -0.2) is 0 Å². The zero-order valence-electron chi connectivity index (χ0n) is 25.4. The predicted molar refractivity (Wildman–Crippen MR) is 185 cm³/mol. The SMILES string of the molecule is CC1(C)c2ccccc2Oc2cccc(-c3cccc(C4(c5ccccc5)c5ccccc5-c5cc6ccccc6cc54)c3)c21. The summed E-state index contributed by atoms with van der Waals surface area (Å²) in [6.07, 6.45) is 0. The van der Waals surface area contributed by atoms with Gasteiger partial charge in [-0.1, -0.05) is 141 Å². The third kappa shape index (κ3) is 3.61. The fourth-order valence-corrected chi connectivity index (χ4v) is 8.19. The lowest BCUT2D eigenvalue weighted by Crippen LogP contribution is -2.28. The van der Waals surface area contributed by atoms with E-state index in [0.29, 0.717) is 0 Å². The van der Waals surface area contributed by atoms with Crippen molar-refractivity contribution in [2.45, 2.75) is 24.7 Å². The molecule has 0 radical (unpaired) electrons. The molecular formula is C44H32O. The Morgan fingerprint density at radius 3 is 1.89 bits per heavy atom. The van der Waals surface area contributed by atoms with Crippen LogP contribution in [0.2, 0.25) is 0 Å². The third-order valence-corrected chi connectivity index (χ3v) is 10.2. The maximum atomic E-state index is 6.53. The number of fused-ring (bicyclic) bond motifs is 6. The molecule has 0 fully saturated rings. The van der Waals surface area contributed by atoms with E-state index in [1.54, 1.807) is 0 Å². The van der Waals surface area contributed by atoms with Gasteiger partial charge in [0, 0.05) is 16.5 Å². The molecule has 214 valence electrons. The van der Waals surface area contributed by atoms with Crippen molar-refractivity contribution < 1.29 is 4.74 Å². The van der Waals surface area contributed by atoms with Crippen LogP contribution in [0.15, 0.2) is 158 Å². The highest BCUT2D eigenvalue weighted by Gasteiger charge is 2.46. The molecule has 7 aromatic rings. The number of benzene rings is 7. The van der Waals surface area contributed by atoms with Gasteiger partial charge < -0.3 is 4.74 Å². The molecule has 7 aromatic carbocycles. The number of hydrogen-bond acceptors (Lipinski definition) is 1. The van der Waals surface area contributed by atoms with Gasteiger partial charge in [-0.15, -0.1) is 0 Å². The molecule has 0 bridgehead atoms. The number of hydrogen-bond donors (Lipinski definition) is 0. The van der Waals surface area contributed by atoms with Crippen molar-refractivity contribution in [3.63, 3.8) is 0 Å². The minimum Gasteiger partial charge on any atom is -0.457 e. The van der Waals surface area contributed by atoms with E-state index in [0.717, 1.165) is 11.5 Å². The van der Waals surface area contributed by atoms with Crippen LogP contribution >= 0.6 is 0 Å². The van der Waals surface area contributed by atoms with Crippen molar-refractivity contribution in [2.24, 2.45) is 0 Å². The van der Waals surface area contributed by atoms with E-state index in [2.05, 4.69) is 172 Å². The molecule has 0 spiro atoms. The molecule has 1 heterocycles. The van der Waals surface area contributed by atoms with Gasteiger partial charge in [-0.25, -0.2) is 0 Å². The summed E-state index contributed by atoms with van der Waals surface area (Å²) in [4.78, 5) is 0. The highest BCUT2D eigenvalue weighted by molar-refractivity contribution is 5.96. The molecule has 0 amide bonds. The Balaban J connectivity index is 1.33. The minimum atomic E-state index is -0.472. The summed E-state index contributed by atoms with van der Waals surface area (Å²) in [5, 5.41) is 2.53. The van der Waals surface area contributed by atoms with Crippen molar-refractivity contribution >= 4 is 10.8 Å². The van der Waals surface area contributed by atoms with Gasteiger partial charge in [0.05, 0.1) is 5.41 Å². The average Bonchev–Trinajstić information content (AvgIpc) is 3.37. The van der Waals surface area contributed by atoms with E-state index in [1.807, 2.05) is 0 Å². The average molecular weight is 577 g/mol. The zero-order chi connectivity index (χ0) is 30.2. The normalized spacial score (nSPS) is 17.1. The molecule has 1 atom stereocenters. The molecule has 1 unspecified atom stereocenters. The van der Waals surface area contributed by atoms with E-state index in [4.69, 9.17) is 4.74 Å². The maximum absolute atomic E-state index is 6.53. The van der Waals surface area contributed by atoms with Crippen LogP contribution in [0.3, 0.4) is 0 Å². The first-order chi connectivity index (χ1) is 22.1. The molecule has 1 aliphatic heterocycles. The van der Waals surface area contributed by atoms with Crippen LogP contribution in [-0.2, 0) is 10.8 Å². The van der Waals surface area contributed by atoms with Crippen molar-refractivity contribution in [2.75, 3.05) is 0 Å². The lowest BCUT2D eigenvalue weighted by atomic mass is 9.67. The first-order valence-electron chi connectivity index (χ1n) is 15.8. The van der Waals surface area contributed by atoms with Crippen LogP contribution in [0.5, 0.6) is 11.5 Å². The van der Waals surface area contributed by atoms with Crippen LogP contribution in [0.1, 0.15) is 47.2 Å². The van der Waals surface area contributed by atoms with E-state index in [-0.39, 0.29) is 5.41 Å².